The fourth-order valence-corrected chi connectivity index (χ4v) is 4.97. The van der Waals surface area contributed by atoms with Crippen molar-refractivity contribution in [3.8, 4) is 5.75 Å². The maximum Gasteiger partial charge on any atom is 0.404 e. The van der Waals surface area contributed by atoms with Crippen LogP contribution in [0.4, 0.5) is 4.79 Å². The summed E-state index contributed by atoms with van der Waals surface area (Å²) in [6.07, 6.45) is 3.57. The van der Waals surface area contributed by atoms with Gasteiger partial charge in [-0.15, -0.1) is 0 Å². The van der Waals surface area contributed by atoms with Gasteiger partial charge in [0.15, 0.2) is 0 Å². The van der Waals surface area contributed by atoms with Crippen molar-refractivity contribution in [3.63, 3.8) is 0 Å². The molecule has 0 spiro atoms. The number of fused-ring (bicyclic) bond motifs is 4. The molecule has 0 saturated carbocycles. The van der Waals surface area contributed by atoms with Gasteiger partial charge in [-0.05, 0) is 73.8 Å². The Labute approximate surface area is 241 Å². The standard InChI is InChI=1S/C29H37N3O4.C2H5NO2/c1-21-9-11-25-18-24(21)19-30-29(35)26(12-10-22-6-3-2-4-7-22)31-27(33)13-14-28(34)32-16-5-8-23(20-32)15-17-36-25;1-5-2(3)4/h2-4,6-7,9,11,18,23,26H,5,8,10,12-17,19-20H2,1H3,(H,30,35)(H,31,33);1H3,(H2,3,4). The van der Waals surface area contributed by atoms with Gasteiger partial charge in [0.2, 0.25) is 17.7 Å². The first-order valence-corrected chi connectivity index (χ1v) is 14.2. The first-order valence-electron chi connectivity index (χ1n) is 14.2. The van der Waals surface area contributed by atoms with E-state index in [0.717, 1.165) is 48.2 Å². The molecule has 1 saturated heterocycles. The molecule has 2 aliphatic heterocycles. The van der Waals surface area contributed by atoms with Crippen molar-refractivity contribution in [2.24, 2.45) is 11.7 Å². The zero-order valence-corrected chi connectivity index (χ0v) is 24.0. The minimum atomic E-state index is -0.745. The van der Waals surface area contributed by atoms with Gasteiger partial charge in [0, 0.05) is 32.5 Å². The third-order valence-corrected chi connectivity index (χ3v) is 7.42. The van der Waals surface area contributed by atoms with Crippen LogP contribution in [-0.4, -0.2) is 61.6 Å². The predicted molar refractivity (Wildman–Crippen MR) is 155 cm³/mol. The van der Waals surface area contributed by atoms with E-state index in [9.17, 15) is 19.2 Å². The lowest BCUT2D eigenvalue weighted by Gasteiger charge is -2.33. The van der Waals surface area contributed by atoms with Gasteiger partial charge in [-0.3, -0.25) is 14.4 Å². The van der Waals surface area contributed by atoms with Gasteiger partial charge in [0.05, 0.1) is 13.7 Å². The molecule has 2 aromatic carbocycles. The number of amides is 4. The number of carbonyl (C=O) groups is 4. The summed E-state index contributed by atoms with van der Waals surface area (Å²) in [4.78, 5) is 50.0. The molecule has 1 fully saturated rings. The Bertz CT molecular complexity index is 1170. The number of primary amides is 1. The quantitative estimate of drug-likeness (QED) is 0.521. The van der Waals surface area contributed by atoms with Gasteiger partial charge in [-0.25, -0.2) is 4.79 Å². The van der Waals surface area contributed by atoms with Crippen LogP contribution in [0.5, 0.6) is 5.75 Å². The predicted octanol–water partition coefficient (Wildman–Crippen LogP) is 3.24. The first-order chi connectivity index (χ1) is 19.7. The number of aryl methyl sites for hydroxylation is 2. The van der Waals surface area contributed by atoms with E-state index in [-0.39, 0.29) is 30.6 Å². The molecule has 2 aromatic rings. The maximum absolute atomic E-state index is 13.2. The van der Waals surface area contributed by atoms with Gasteiger partial charge < -0.3 is 30.7 Å². The van der Waals surface area contributed by atoms with Crippen LogP contribution in [0.3, 0.4) is 0 Å². The summed E-state index contributed by atoms with van der Waals surface area (Å²) in [6, 6.07) is 15.2. The van der Waals surface area contributed by atoms with Crippen LogP contribution in [0.2, 0.25) is 0 Å². The van der Waals surface area contributed by atoms with E-state index in [1.807, 2.05) is 60.4 Å². The summed E-state index contributed by atoms with van der Waals surface area (Å²) in [5, 5.41) is 5.89. The highest BCUT2D eigenvalue weighted by Gasteiger charge is 2.25. The van der Waals surface area contributed by atoms with Crippen LogP contribution in [-0.2, 0) is 32.1 Å². The lowest BCUT2D eigenvalue weighted by atomic mass is 9.95. The smallest absolute Gasteiger partial charge is 0.404 e. The van der Waals surface area contributed by atoms with Gasteiger partial charge in [0.25, 0.3) is 0 Å². The summed E-state index contributed by atoms with van der Waals surface area (Å²) in [5.74, 6) is 0.699. The molecule has 4 bridgehead atoms. The van der Waals surface area contributed by atoms with Crippen LogP contribution in [0.1, 0.15) is 55.2 Å². The van der Waals surface area contributed by atoms with Crippen molar-refractivity contribution >= 4 is 23.8 Å². The molecule has 222 valence electrons. The van der Waals surface area contributed by atoms with E-state index >= 15 is 0 Å². The van der Waals surface area contributed by atoms with E-state index in [1.54, 1.807) is 0 Å². The number of rotatable bonds is 3. The second-order valence-electron chi connectivity index (χ2n) is 10.5. The van der Waals surface area contributed by atoms with Gasteiger partial charge in [-0.1, -0.05) is 36.4 Å². The summed E-state index contributed by atoms with van der Waals surface area (Å²) in [5.41, 5.74) is 7.60. The number of hydrogen-bond donors (Lipinski definition) is 3. The Morgan fingerprint density at radius 3 is 2.59 bits per heavy atom. The second-order valence-corrected chi connectivity index (χ2v) is 10.5. The van der Waals surface area contributed by atoms with Gasteiger partial charge >= 0.3 is 6.09 Å². The van der Waals surface area contributed by atoms with E-state index in [1.165, 1.54) is 7.11 Å². The zero-order chi connectivity index (χ0) is 29.6. The lowest BCUT2D eigenvalue weighted by molar-refractivity contribution is -0.135. The number of benzene rings is 2. The average Bonchev–Trinajstić information content (AvgIpc) is 2.98. The fraction of sp³-hybridized carbons (Fsp3) is 0.484. The largest absolute Gasteiger partial charge is 0.494 e. The summed E-state index contributed by atoms with van der Waals surface area (Å²) < 4.78 is 9.93. The molecule has 0 radical (unpaired) electrons. The first kappa shape index (κ1) is 31.4. The van der Waals surface area contributed by atoms with Crippen LogP contribution in [0.15, 0.2) is 48.5 Å². The van der Waals surface area contributed by atoms with Crippen LogP contribution < -0.4 is 21.1 Å². The molecule has 4 amide bonds. The molecule has 41 heavy (non-hydrogen) atoms. The van der Waals surface area contributed by atoms with Crippen molar-refractivity contribution in [2.45, 2.75) is 64.5 Å². The molecule has 2 aliphatic rings. The molecular formula is C31H42N4O6. The number of nitrogens with zero attached hydrogens (tertiary/aromatic N) is 1. The third kappa shape index (κ3) is 10.8. The van der Waals surface area contributed by atoms with Crippen molar-refractivity contribution in [2.75, 3.05) is 26.8 Å². The number of methoxy groups -OCH3 is 1. The zero-order valence-electron chi connectivity index (χ0n) is 24.0. The molecule has 4 rings (SSSR count). The highest BCUT2D eigenvalue weighted by atomic mass is 16.5. The molecule has 2 atom stereocenters. The van der Waals surface area contributed by atoms with Gasteiger partial charge in [0.1, 0.15) is 11.8 Å². The molecule has 0 aliphatic carbocycles. The van der Waals surface area contributed by atoms with E-state index < -0.39 is 12.1 Å². The molecule has 2 heterocycles. The molecular weight excluding hydrogens is 524 g/mol. The van der Waals surface area contributed by atoms with E-state index in [0.29, 0.717) is 38.5 Å². The number of ether oxygens (including phenoxy) is 2. The van der Waals surface area contributed by atoms with Crippen LogP contribution >= 0.6 is 0 Å². The summed E-state index contributed by atoms with van der Waals surface area (Å²) in [7, 11) is 1.22. The van der Waals surface area contributed by atoms with Crippen molar-refractivity contribution in [1.82, 2.24) is 15.5 Å². The minimum absolute atomic E-state index is 0.00495. The number of hydrogen-bond acceptors (Lipinski definition) is 6. The molecule has 4 N–H and O–H groups in total. The minimum Gasteiger partial charge on any atom is -0.494 e. The SMILES string of the molecule is COC(N)=O.Cc1ccc2cc1CNC(=O)C(CCc1ccccc1)NC(=O)CCC(=O)N1CCCC(CCO2)C1. The molecule has 10 nitrogen and oxygen atoms in total. The van der Waals surface area contributed by atoms with Crippen LogP contribution in [0, 0.1) is 12.8 Å². The molecule has 2 unspecified atom stereocenters. The molecule has 10 heteroatoms. The fourth-order valence-electron chi connectivity index (χ4n) is 4.97. The third-order valence-electron chi connectivity index (χ3n) is 7.42. The maximum atomic E-state index is 13.2. The Balaban J connectivity index is 0.000000850. The average molecular weight is 567 g/mol. The number of piperidine rings is 1. The monoisotopic (exact) mass is 566 g/mol. The Hall–Kier alpha value is -4.08. The lowest BCUT2D eigenvalue weighted by Crippen LogP contribution is -2.47. The number of nitrogens with two attached hydrogens (primary N) is 1. The second kappa shape index (κ2) is 16.2. The topological polar surface area (TPSA) is 140 Å². The normalized spacial score (nSPS) is 20.1. The molecule has 0 aromatic heterocycles. The number of carbonyl (C=O) groups excluding carboxylic acids is 4. The van der Waals surface area contributed by atoms with Crippen LogP contribution in [0.25, 0.3) is 0 Å². The van der Waals surface area contributed by atoms with E-state index in [4.69, 9.17) is 4.74 Å². The Kier molecular flexibility index (Phi) is 12.5. The highest BCUT2D eigenvalue weighted by Crippen LogP contribution is 2.23. The van der Waals surface area contributed by atoms with Gasteiger partial charge in [-0.2, -0.15) is 0 Å². The summed E-state index contributed by atoms with van der Waals surface area (Å²) >= 11 is 0. The number of nitrogens with one attached hydrogen (secondary N) is 2. The highest BCUT2D eigenvalue weighted by molar-refractivity contribution is 5.89. The van der Waals surface area contributed by atoms with Crippen molar-refractivity contribution in [1.29, 1.82) is 0 Å². The van der Waals surface area contributed by atoms with Crippen molar-refractivity contribution in [3.05, 3.63) is 65.2 Å². The Morgan fingerprint density at radius 2 is 1.85 bits per heavy atom. The summed E-state index contributed by atoms with van der Waals surface area (Å²) in [6.45, 7) is 4.41. The van der Waals surface area contributed by atoms with Crippen molar-refractivity contribution < 1.29 is 28.7 Å². The Morgan fingerprint density at radius 1 is 1.10 bits per heavy atom. The van der Waals surface area contributed by atoms with E-state index in [2.05, 4.69) is 21.1 Å².